The van der Waals surface area contributed by atoms with Crippen LogP contribution in [0.4, 0.5) is 5.69 Å². The number of rotatable bonds is 7. The Hall–Kier alpha value is -0.370. The Labute approximate surface area is 129 Å². The summed E-state index contributed by atoms with van der Waals surface area (Å²) in [7, 11) is -3.18. The molecular formula is C13H20N2O2S3. The minimum atomic E-state index is -3.18. The van der Waals surface area contributed by atoms with Crippen LogP contribution in [-0.2, 0) is 10.0 Å². The first kappa shape index (κ1) is 16.0. The van der Waals surface area contributed by atoms with Crippen molar-refractivity contribution in [3.05, 3.63) is 24.3 Å². The molecule has 20 heavy (non-hydrogen) atoms. The number of nitrogens with two attached hydrogens (primary N) is 1. The van der Waals surface area contributed by atoms with Gasteiger partial charge in [0.05, 0.1) is 5.75 Å². The Balaban J connectivity index is 1.73. The number of anilines is 1. The van der Waals surface area contributed by atoms with Gasteiger partial charge in [-0.1, -0.05) is 12.1 Å². The zero-order valence-corrected chi connectivity index (χ0v) is 13.7. The molecule has 2 rings (SSSR count). The van der Waals surface area contributed by atoms with E-state index in [0.717, 1.165) is 17.1 Å². The maximum Gasteiger partial charge on any atom is 0.212 e. The molecule has 7 heteroatoms. The summed E-state index contributed by atoms with van der Waals surface area (Å²) in [6, 6.07) is 7.52. The Morgan fingerprint density at radius 2 is 2.20 bits per heavy atom. The number of nitrogen functional groups attached to an aromatic ring is 1. The number of sulfonamides is 1. The van der Waals surface area contributed by atoms with Crippen LogP contribution in [0.15, 0.2) is 29.2 Å². The van der Waals surface area contributed by atoms with Gasteiger partial charge in [0.15, 0.2) is 0 Å². The zero-order chi connectivity index (χ0) is 14.4. The average Bonchev–Trinajstić information content (AvgIpc) is 2.92. The monoisotopic (exact) mass is 332 g/mol. The molecule has 112 valence electrons. The highest BCUT2D eigenvalue weighted by Crippen LogP contribution is 2.26. The standard InChI is InChI=1S/C13H20N2O2S3/c14-12-5-1-2-6-13(12)19-8-9-20(16,17)15-10-11-4-3-7-18-11/h1-2,5-6,11,15H,3-4,7-10,14H2. The predicted octanol–water partition coefficient (Wildman–Crippen LogP) is 2.18. The third-order valence-corrected chi connectivity index (χ3v) is 7.18. The first-order chi connectivity index (χ1) is 9.57. The van der Waals surface area contributed by atoms with Gasteiger partial charge >= 0.3 is 0 Å². The van der Waals surface area contributed by atoms with Crippen LogP contribution in [0.3, 0.4) is 0 Å². The van der Waals surface area contributed by atoms with Gasteiger partial charge in [0, 0.05) is 28.1 Å². The van der Waals surface area contributed by atoms with Crippen LogP contribution in [0.1, 0.15) is 12.8 Å². The maximum atomic E-state index is 11.9. The number of benzene rings is 1. The molecule has 1 saturated heterocycles. The third kappa shape index (κ3) is 5.20. The van der Waals surface area contributed by atoms with Gasteiger partial charge in [-0.05, 0) is 30.7 Å². The van der Waals surface area contributed by atoms with E-state index in [1.54, 1.807) is 0 Å². The van der Waals surface area contributed by atoms with Crippen molar-refractivity contribution >= 4 is 39.2 Å². The molecule has 1 atom stereocenters. The Kier molecular flexibility index (Phi) is 6.07. The van der Waals surface area contributed by atoms with Gasteiger partial charge in [-0.3, -0.25) is 0 Å². The van der Waals surface area contributed by atoms with E-state index in [9.17, 15) is 8.42 Å². The summed E-state index contributed by atoms with van der Waals surface area (Å²) in [6.07, 6.45) is 2.31. The van der Waals surface area contributed by atoms with E-state index < -0.39 is 10.0 Å². The van der Waals surface area contributed by atoms with Gasteiger partial charge in [-0.15, -0.1) is 11.8 Å². The molecule has 1 heterocycles. The summed E-state index contributed by atoms with van der Waals surface area (Å²) in [4.78, 5) is 0.939. The van der Waals surface area contributed by atoms with E-state index in [2.05, 4.69) is 4.72 Å². The summed E-state index contributed by atoms with van der Waals surface area (Å²) >= 11 is 3.34. The fourth-order valence-electron chi connectivity index (χ4n) is 1.97. The van der Waals surface area contributed by atoms with Crippen molar-refractivity contribution in [2.75, 3.05) is 29.5 Å². The highest BCUT2D eigenvalue weighted by atomic mass is 32.2. The fraction of sp³-hybridized carbons (Fsp3) is 0.538. The summed E-state index contributed by atoms with van der Waals surface area (Å²) in [5.74, 6) is 1.79. The van der Waals surface area contributed by atoms with Gasteiger partial charge in [0.2, 0.25) is 10.0 Å². The molecule has 3 N–H and O–H groups in total. The summed E-state index contributed by atoms with van der Waals surface area (Å²) in [6.45, 7) is 0.561. The molecule has 0 amide bonds. The van der Waals surface area contributed by atoms with E-state index in [1.807, 2.05) is 36.0 Å². The van der Waals surface area contributed by atoms with Crippen LogP contribution < -0.4 is 10.5 Å². The van der Waals surface area contributed by atoms with Crippen LogP contribution in [0, 0.1) is 0 Å². The quantitative estimate of drug-likeness (QED) is 0.591. The minimum Gasteiger partial charge on any atom is -0.398 e. The van der Waals surface area contributed by atoms with Crippen LogP contribution >= 0.6 is 23.5 Å². The van der Waals surface area contributed by atoms with Crippen molar-refractivity contribution in [1.29, 1.82) is 0 Å². The smallest absolute Gasteiger partial charge is 0.212 e. The van der Waals surface area contributed by atoms with E-state index in [1.165, 1.54) is 18.2 Å². The molecule has 1 aliphatic rings. The molecule has 0 spiro atoms. The van der Waals surface area contributed by atoms with E-state index >= 15 is 0 Å². The lowest BCUT2D eigenvalue weighted by molar-refractivity contribution is 0.580. The Bertz CT molecular complexity index is 528. The average molecular weight is 333 g/mol. The predicted molar refractivity (Wildman–Crippen MR) is 88.8 cm³/mol. The molecular weight excluding hydrogens is 312 g/mol. The van der Waals surface area contributed by atoms with E-state index in [4.69, 9.17) is 5.73 Å². The van der Waals surface area contributed by atoms with Gasteiger partial charge < -0.3 is 5.73 Å². The molecule has 1 aliphatic heterocycles. The normalized spacial score (nSPS) is 19.3. The van der Waals surface area contributed by atoms with E-state index in [0.29, 0.717) is 23.2 Å². The molecule has 1 aromatic carbocycles. The van der Waals surface area contributed by atoms with Gasteiger partial charge in [-0.2, -0.15) is 11.8 Å². The maximum absolute atomic E-state index is 11.9. The number of para-hydroxylation sites is 1. The molecule has 0 radical (unpaired) electrons. The topological polar surface area (TPSA) is 72.2 Å². The highest BCUT2D eigenvalue weighted by Gasteiger charge is 2.18. The van der Waals surface area contributed by atoms with Crippen molar-refractivity contribution in [2.45, 2.75) is 23.0 Å². The molecule has 1 aromatic rings. The number of hydrogen-bond acceptors (Lipinski definition) is 5. The lowest BCUT2D eigenvalue weighted by Crippen LogP contribution is -2.32. The van der Waals surface area contributed by atoms with Crippen molar-refractivity contribution in [3.8, 4) is 0 Å². The number of nitrogens with one attached hydrogen (secondary N) is 1. The van der Waals surface area contributed by atoms with Gasteiger partial charge in [0.25, 0.3) is 0 Å². The second kappa shape index (κ2) is 7.59. The van der Waals surface area contributed by atoms with Crippen molar-refractivity contribution < 1.29 is 8.42 Å². The third-order valence-electron chi connectivity index (χ3n) is 3.08. The first-order valence-corrected chi connectivity index (χ1v) is 10.3. The van der Waals surface area contributed by atoms with Crippen LogP contribution in [0.5, 0.6) is 0 Å². The molecule has 0 saturated carbocycles. The summed E-state index contributed by atoms with van der Waals surface area (Å²) in [5, 5.41) is 0.446. The first-order valence-electron chi connectivity index (χ1n) is 6.63. The second-order valence-corrected chi connectivity index (χ2v) is 9.16. The molecule has 1 fully saturated rings. The van der Waals surface area contributed by atoms with Crippen LogP contribution in [-0.4, -0.2) is 37.5 Å². The summed E-state index contributed by atoms with van der Waals surface area (Å²) in [5.41, 5.74) is 6.52. The van der Waals surface area contributed by atoms with Crippen molar-refractivity contribution in [3.63, 3.8) is 0 Å². The fourth-order valence-corrected chi connectivity index (χ4v) is 5.72. The molecule has 0 aromatic heterocycles. The number of hydrogen-bond donors (Lipinski definition) is 2. The van der Waals surface area contributed by atoms with Gasteiger partial charge in [0.1, 0.15) is 0 Å². The number of thioether (sulfide) groups is 2. The molecule has 1 unspecified atom stereocenters. The van der Waals surface area contributed by atoms with E-state index in [-0.39, 0.29) is 5.75 Å². The highest BCUT2D eigenvalue weighted by molar-refractivity contribution is 8.01. The van der Waals surface area contributed by atoms with Gasteiger partial charge in [-0.25, -0.2) is 13.1 Å². The largest absolute Gasteiger partial charge is 0.398 e. The zero-order valence-electron chi connectivity index (χ0n) is 11.2. The molecule has 0 bridgehead atoms. The van der Waals surface area contributed by atoms with Crippen LogP contribution in [0.25, 0.3) is 0 Å². The van der Waals surface area contributed by atoms with Crippen molar-refractivity contribution in [2.24, 2.45) is 0 Å². The molecule has 4 nitrogen and oxygen atoms in total. The minimum absolute atomic E-state index is 0.128. The SMILES string of the molecule is Nc1ccccc1SCCS(=O)(=O)NCC1CCCS1. The summed E-state index contributed by atoms with van der Waals surface area (Å²) < 4.78 is 26.5. The second-order valence-electron chi connectivity index (χ2n) is 4.69. The van der Waals surface area contributed by atoms with Crippen LogP contribution in [0.2, 0.25) is 0 Å². The van der Waals surface area contributed by atoms with Crippen molar-refractivity contribution in [1.82, 2.24) is 4.72 Å². The molecule has 0 aliphatic carbocycles. The Morgan fingerprint density at radius 3 is 2.90 bits per heavy atom. The Morgan fingerprint density at radius 1 is 1.40 bits per heavy atom. The lowest BCUT2D eigenvalue weighted by Gasteiger charge is -2.11. The lowest BCUT2D eigenvalue weighted by atomic mass is 10.2.